The Balaban J connectivity index is 2.55. The highest BCUT2D eigenvalue weighted by molar-refractivity contribution is 5.27. The van der Waals surface area contributed by atoms with Crippen LogP contribution in [0.3, 0.4) is 0 Å². The molecule has 0 fully saturated rings. The number of likely N-dealkylation sites (N-methyl/N-ethyl adjacent to an activating group) is 1. The number of hydrogen-bond acceptors (Lipinski definition) is 3. The molecule has 15 heavy (non-hydrogen) atoms. The van der Waals surface area contributed by atoms with E-state index in [-0.39, 0.29) is 0 Å². The Morgan fingerprint density at radius 2 is 2.07 bits per heavy atom. The lowest BCUT2D eigenvalue weighted by Crippen LogP contribution is -2.30. The van der Waals surface area contributed by atoms with Gasteiger partial charge < -0.3 is 9.64 Å². The minimum absolute atomic E-state index is 0.409. The van der Waals surface area contributed by atoms with Crippen LogP contribution < -0.4 is 4.74 Å². The minimum Gasteiger partial charge on any atom is -0.490 e. The van der Waals surface area contributed by atoms with Gasteiger partial charge in [-0.15, -0.1) is 0 Å². The molecule has 1 aromatic rings. The summed E-state index contributed by atoms with van der Waals surface area (Å²) < 4.78 is 5.66. The van der Waals surface area contributed by atoms with Crippen LogP contribution in [0.15, 0.2) is 12.3 Å². The fraction of sp³-hybridized carbons (Fsp3) is 0.583. The molecule has 3 heteroatoms. The highest BCUT2D eigenvalue weighted by Crippen LogP contribution is 2.14. The third-order valence-corrected chi connectivity index (χ3v) is 2.69. The van der Waals surface area contributed by atoms with Gasteiger partial charge in [-0.05, 0) is 46.5 Å². The number of nitrogens with zero attached hydrogens (tertiary/aromatic N) is 2. The summed E-state index contributed by atoms with van der Waals surface area (Å²) in [6.45, 7) is 6.87. The van der Waals surface area contributed by atoms with E-state index >= 15 is 0 Å². The van der Waals surface area contributed by atoms with E-state index in [4.69, 9.17) is 4.74 Å². The molecule has 1 aromatic heterocycles. The number of pyridine rings is 1. The van der Waals surface area contributed by atoms with Crippen molar-refractivity contribution in [3.63, 3.8) is 0 Å². The Morgan fingerprint density at radius 1 is 1.40 bits per heavy atom. The Morgan fingerprint density at radius 3 is 2.60 bits per heavy atom. The van der Waals surface area contributed by atoms with E-state index < -0.39 is 0 Å². The molecule has 1 atom stereocenters. The van der Waals surface area contributed by atoms with E-state index in [9.17, 15) is 0 Å². The zero-order valence-electron chi connectivity index (χ0n) is 10.2. The monoisotopic (exact) mass is 208 g/mol. The summed E-state index contributed by atoms with van der Waals surface area (Å²) in [7, 11) is 4.10. The molecule has 1 unspecified atom stereocenters. The molecule has 0 aliphatic carbocycles. The van der Waals surface area contributed by atoms with Crippen molar-refractivity contribution in [2.75, 3.05) is 20.7 Å². The predicted octanol–water partition coefficient (Wildman–Crippen LogP) is 2.03. The second kappa shape index (κ2) is 5.12. The van der Waals surface area contributed by atoms with Gasteiger partial charge in [0.25, 0.3) is 0 Å². The first-order valence-electron chi connectivity index (χ1n) is 5.23. The molecular formula is C12H20N2O. The smallest absolute Gasteiger partial charge is 0.137 e. The van der Waals surface area contributed by atoms with Gasteiger partial charge in [0.1, 0.15) is 12.4 Å². The molecule has 0 N–H and O–H groups in total. The topological polar surface area (TPSA) is 25.4 Å². The van der Waals surface area contributed by atoms with Crippen molar-refractivity contribution in [1.29, 1.82) is 0 Å². The normalized spacial score (nSPS) is 12.9. The number of ether oxygens (including phenoxy) is 1. The molecular weight excluding hydrogens is 188 g/mol. The molecule has 0 saturated carbocycles. The average Bonchev–Trinajstić information content (AvgIpc) is 2.19. The Bertz CT molecular complexity index is 323. The second-order valence-corrected chi connectivity index (χ2v) is 4.20. The molecule has 0 aromatic carbocycles. The van der Waals surface area contributed by atoms with Gasteiger partial charge in [-0.2, -0.15) is 0 Å². The van der Waals surface area contributed by atoms with E-state index in [1.807, 2.05) is 34.0 Å². The maximum absolute atomic E-state index is 5.66. The molecule has 3 nitrogen and oxygen atoms in total. The fourth-order valence-electron chi connectivity index (χ4n) is 1.06. The molecule has 0 bridgehead atoms. The molecule has 0 saturated heterocycles. The van der Waals surface area contributed by atoms with Crippen LogP contribution in [-0.4, -0.2) is 36.6 Å². The van der Waals surface area contributed by atoms with E-state index in [0.717, 1.165) is 11.4 Å². The molecule has 1 rings (SSSR count). The summed E-state index contributed by atoms with van der Waals surface area (Å²) >= 11 is 0. The van der Waals surface area contributed by atoms with Crippen molar-refractivity contribution in [3.8, 4) is 5.75 Å². The first-order chi connectivity index (χ1) is 7.00. The van der Waals surface area contributed by atoms with Crippen LogP contribution in [0.5, 0.6) is 5.75 Å². The molecule has 0 radical (unpaired) electrons. The third kappa shape index (κ3) is 3.51. The number of hydrogen-bond donors (Lipinski definition) is 0. The van der Waals surface area contributed by atoms with Crippen molar-refractivity contribution < 1.29 is 4.74 Å². The predicted molar refractivity (Wildman–Crippen MR) is 62.4 cm³/mol. The van der Waals surface area contributed by atoms with Gasteiger partial charge in [0.05, 0.1) is 6.20 Å². The lowest BCUT2D eigenvalue weighted by Gasteiger charge is -2.20. The van der Waals surface area contributed by atoms with Crippen molar-refractivity contribution in [3.05, 3.63) is 23.5 Å². The molecule has 0 spiro atoms. The highest BCUT2D eigenvalue weighted by Gasteiger charge is 2.05. The Hall–Kier alpha value is -1.09. The maximum atomic E-state index is 5.66. The Labute approximate surface area is 92.1 Å². The summed E-state index contributed by atoms with van der Waals surface area (Å²) in [6.07, 6.45) is 1.78. The quantitative estimate of drug-likeness (QED) is 0.757. The van der Waals surface area contributed by atoms with Crippen LogP contribution in [-0.2, 0) is 0 Å². The van der Waals surface area contributed by atoms with E-state index in [0.29, 0.717) is 12.6 Å². The first-order valence-corrected chi connectivity index (χ1v) is 5.23. The van der Waals surface area contributed by atoms with Gasteiger partial charge in [0, 0.05) is 11.7 Å². The van der Waals surface area contributed by atoms with Crippen LogP contribution >= 0.6 is 0 Å². The van der Waals surface area contributed by atoms with Crippen LogP contribution in [0.4, 0.5) is 0 Å². The van der Waals surface area contributed by atoms with Crippen LogP contribution in [0.1, 0.15) is 18.2 Å². The highest BCUT2D eigenvalue weighted by atomic mass is 16.5. The van der Waals surface area contributed by atoms with Gasteiger partial charge in [0.2, 0.25) is 0 Å². The maximum Gasteiger partial charge on any atom is 0.137 e. The van der Waals surface area contributed by atoms with Gasteiger partial charge >= 0.3 is 0 Å². The lowest BCUT2D eigenvalue weighted by atomic mass is 10.2. The second-order valence-electron chi connectivity index (χ2n) is 4.20. The summed E-state index contributed by atoms with van der Waals surface area (Å²) in [5.41, 5.74) is 2.23. The molecule has 0 amide bonds. The van der Waals surface area contributed by atoms with Gasteiger partial charge in [-0.25, -0.2) is 0 Å². The zero-order valence-corrected chi connectivity index (χ0v) is 10.2. The molecule has 0 aliphatic rings. The van der Waals surface area contributed by atoms with Crippen LogP contribution in [0, 0.1) is 13.8 Å². The zero-order chi connectivity index (χ0) is 11.4. The number of rotatable bonds is 4. The van der Waals surface area contributed by atoms with Gasteiger partial charge in [-0.3, -0.25) is 4.98 Å². The minimum atomic E-state index is 0.409. The SMILES string of the molecule is Cc1cc(OCC(C)N(C)C)cnc1C. The van der Waals surface area contributed by atoms with Gasteiger partial charge in [-0.1, -0.05) is 0 Å². The average molecular weight is 208 g/mol. The van der Waals surface area contributed by atoms with Crippen molar-refractivity contribution in [1.82, 2.24) is 9.88 Å². The molecule has 1 heterocycles. The molecule has 0 aliphatic heterocycles. The van der Waals surface area contributed by atoms with E-state index in [1.54, 1.807) is 6.20 Å². The third-order valence-electron chi connectivity index (χ3n) is 2.69. The van der Waals surface area contributed by atoms with Crippen LogP contribution in [0.25, 0.3) is 0 Å². The van der Waals surface area contributed by atoms with Crippen LogP contribution in [0.2, 0.25) is 0 Å². The van der Waals surface area contributed by atoms with Crippen molar-refractivity contribution in [2.24, 2.45) is 0 Å². The van der Waals surface area contributed by atoms with E-state index in [1.165, 1.54) is 5.56 Å². The summed E-state index contributed by atoms with van der Waals surface area (Å²) in [6, 6.07) is 2.44. The molecule has 84 valence electrons. The van der Waals surface area contributed by atoms with Crippen molar-refractivity contribution >= 4 is 0 Å². The fourth-order valence-corrected chi connectivity index (χ4v) is 1.06. The number of aromatic nitrogens is 1. The summed E-state index contributed by atoms with van der Waals surface area (Å²) in [4.78, 5) is 6.40. The Kier molecular flexibility index (Phi) is 4.09. The van der Waals surface area contributed by atoms with E-state index in [2.05, 4.69) is 16.8 Å². The van der Waals surface area contributed by atoms with Gasteiger partial charge in [0.15, 0.2) is 0 Å². The summed E-state index contributed by atoms with van der Waals surface area (Å²) in [5.74, 6) is 0.854. The number of aryl methyl sites for hydroxylation is 2. The standard InChI is InChI=1S/C12H20N2O/c1-9-6-12(7-13-11(9)3)15-8-10(2)14(4)5/h6-7,10H,8H2,1-5H3. The first kappa shape index (κ1) is 12.0. The summed E-state index contributed by atoms with van der Waals surface area (Å²) in [5, 5.41) is 0. The largest absolute Gasteiger partial charge is 0.490 e. The van der Waals surface area contributed by atoms with Crippen molar-refractivity contribution in [2.45, 2.75) is 26.8 Å². The lowest BCUT2D eigenvalue weighted by molar-refractivity contribution is 0.198.